The van der Waals surface area contributed by atoms with Gasteiger partial charge in [0.05, 0.1) is 5.92 Å². The maximum atomic E-state index is 12.4. The summed E-state index contributed by atoms with van der Waals surface area (Å²) in [7, 11) is 0. The maximum Gasteiger partial charge on any atom is 0.224 e. The van der Waals surface area contributed by atoms with Gasteiger partial charge in [-0.25, -0.2) is 0 Å². The molecule has 5 heteroatoms. The monoisotopic (exact) mass is 374 g/mol. The van der Waals surface area contributed by atoms with Crippen LogP contribution < -0.4 is 11.1 Å². The van der Waals surface area contributed by atoms with E-state index >= 15 is 0 Å². The Morgan fingerprint density at radius 1 is 1.12 bits per heavy atom. The van der Waals surface area contributed by atoms with Gasteiger partial charge in [-0.3, -0.25) is 4.79 Å². The number of rotatable bonds is 6. The van der Waals surface area contributed by atoms with E-state index in [2.05, 4.69) is 35.0 Å². The number of amides is 1. The standard InChI is InChI=1S/C20H22N2OS.ClH/c1-14(19(21)15-7-3-2-4-8-15)20(23)22-12-11-16-13-24-18-10-6-5-9-17(16)18;/h2-10,13-14,19H,11-12,21H2,1H3,(H,22,23);1H. The molecule has 3 aromatic rings. The average Bonchev–Trinajstić information content (AvgIpc) is 3.04. The summed E-state index contributed by atoms with van der Waals surface area (Å²) in [6.45, 7) is 2.51. The summed E-state index contributed by atoms with van der Waals surface area (Å²) >= 11 is 1.75. The van der Waals surface area contributed by atoms with Crippen molar-refractivity contribution in [2.24, 2.45) is 11.7 Å². The Morgan fingerprint density at radius 3 is 2.56 bits per heavy atom. The largest absolute Gasteiger partial charge is 0.355 e. The Bertz CT molecular complexity index is 819. The Kier molecular flexibility index (Phi) is 7.00. The molecule has 3 nitrogen and oxygen atoms in total. The zero-order valence-electron chi connectivity index (χ0n) is 14.1. The smallest absolute Gasteiger partial charge is 0.224 e. The molecule has 1 amide bonds. The molecule has 0 aliphatic carbocycles. The van der Waals surface area contributed by atoms with Gasteiger partial charge in [0.15, 0.2) is 0 Å². The van der Waals surface area contributed by atoms with Crippen molar-refractivity contribution < 1.29 is 4.79 Å². The van der Waals surface area contributed by atoms with Crippen LogP contribution >= 0.6 is 23.7 Å². The predicted octanol–water partition coefficient (Wildman–Crippen LogP) is 4.32. The number of nitrogens with one attached hydrogen (secondary N) is 1. The second kappa shape index (κ2) is 8.99. The van der Waals surface area contributed by atoms with Crippen molar-refractivity contribution in [1.29, 1.82) is 0 Å². The van der Waals surface area contributed by atoms with Crippen LogP contribution in [0.25, 0.3) is 10.1 Å². The van der Waals surface area contributed by atoms with Crippen LogP contribution in [0.1, 0.15) is 24.1 Å². The van der Waals surface area contributed by atoms with Crippen molar-refractivity contribution in [2.45, 2.75) is 19.4 Å². The first-order valence-electron chi connectivity index (χ1n) is 8.20. The molecule has 25 heavy (non-hydrogen) atoms. The zero-order chi connectivity index (χ0) is 16.9. The van der Waals surface area contributed by atoms with Crippen LogP contribution in [0.3, 0.4) is 0 Å². The van der Waals surface area contributed by atoms with Crippen molar-refractivity contribution in [3.8, 4) is 0 Å². The first kappa shape index (κ1) is 19.4. The summed E-state index contributed by atoms with van der Waals surface area (Å²) in [6.07, 6.45) is 0.836. The third kappa shape index (κ3) is 4.60. The highest BCUT2D eigenvalue weighted by atomic mass is 35.5. The lowest BCUT2D eigenvalue weighted by Gasteiger charge is -2.19. The second-order valence-electron chi connectivity index (χ2n) is 6.02. The fourth-order valence-electron chi connectivity index (χ4n) is 2.83. The van der Waals surface area contributed by atoms with Crippen molar-refractivity contribution in [2.75, 3.05) is 6.54 Å². The molecule has 0 bridgehead atoms. The summed E-state index contributed by atoms with van der Waals surface area (Å²) in [5.74, 6) is -0.252. The van der Waals surface area contributed by atoms with E-state index in [0.717, 1.165) is 12.0 Å². The van der Waals surface area contributed by atoms with Gasteiger partial charge in [-0.05, 0) is 34.4 Å². The number of nitrogens with two attached hydrogens (primary N) is 1. The van der Waals surface area contributed by atoms with Gasteiger partial charge in [0.2, 0.25) is 5.91 Å². The normalized spacial score (nSPS) is 13.0. The molecule has 0 spiro atoms. The minimum atomic E-state index is -0.284. The molecule has 1 heterocycles. The molecule has 0 aliphatic heterocycles. The third-order valence-corrected chi connectivity index (χ3v) is 5.40. The number of carbonyl (C=O) groups is 1. The summed E-state index contributed by atoms with van der Waals surface area (Å²) in [4.78, 5) is 12.4. The van der Waals surface area contributed by atoms with Crippen LogP contribution in [-0.4, -0.2) is 12.5 Å². The van der Waals surface area contributed by atoms with Gasteiger partial charge in [-0.2, -0.15) is 0 Å². The fraction of sp³-hybridized carbons (Fsp3) is 0.250. The van der Waals surface area contributed by atoms with E-state index < -0.39 is 0 Å². The Balaban J connectivity index is 0.00000225. The molecular formula is C20H23ClN2OS. The van der Waals surface area contributed by atoms with Crippen molar-refractivity contribution in [3.05, 3.63) is 71.1 Å². The number of carbonyl (C=O) groups excluding carboxylic acids is 1. The van der Waals surface area contributed by atoms with Gasteiger partial charge in [-0.1, -0.05) is 55.5 Å². The van der Waals surface area contributed by atoms with Gasteiger partial charge < -0.3 is 11.1 Å². The van der Waals surface area contributed by atoms with E-state index in [1.54, 1.807) is 11.3 Å². The van der Waals surface area contributed by atoms with Crippen LogP contribution in [0.2, 0.25) is 0 Å². The van der Waals surface area contributed by atoms with Crippen molar-refractivity contribution in [1.82, 2.24) is 5.32 Å². The summed E-state index contributed by atoms with van der Waals surface area (Å²) in [5.41, 5.74) is 8.50. The Labute approximate surface area is 158 Å². The summed E-state index contributed by atoms with van der Waals surface area (Å²) in [5, 5.41) is 6.48. The highest BCUT2D eigenvalue weighted by Gasteiger charge is 2.21. The minimum absolute atomic E-state index is 0. The van der Waals surface area contributed by atoms with Gasteiger partial charge in [0, 0.05) is 17.3 Å². The van der Waals surface area contributed by atoms with E-state index in [0.29, 0.717) is 6.54 Å². The quantitative estimate of drug-likeness (QED) is 0.675. The van der Waals surface area contributed by atoms with Crippen LogP contribution in [0.15, 0.2) is 60.0 Å². The lowest BCUT2D eigenvalue weighted by Crippen LogP contribution is -2.36. The van der Waals surface area contributed by atoms with Gasteiger partial charge in [-0.15, -0.1) is 23.7 Å². The third-order valence-electron chi connectivity index (χ3n) is 4.39. The maximum absolute atomic E-state index is 12.4. The highest BCUT2D eigenvalue weighted by Crippen LogP contribution is 2.25. The lowest BCUT2D eigenvalue weighted by molar-refractivity contribution is -0.125. The molecule has 0 aliphatic rings. The number of benzene rings is 2. The number of thiophene rings is 1. The molecule has 2 atom stereocenters. The van der Waals surface area contributed by atoms with E-state index in [-0.39, 0.29) is 30.3 Å². The molecule has 2 unspecified atom stereocenters. The number of fused-ring (bicyclic) bond motifs is 1. The molecule has 1 aromatic heterocycles. The number of halogens is 1. The molecule has 0 saturated heterocycles. The topological polar surface area (TPSA) is 55.1 Å². The highest BCUT2D eigenvalue weighted by molar-refractivity contribution is 7.17. The molecule has 0 radical (unpaired) electrons. The van der Waals surface area contributed by atoms with Crippen molar-refractivity contribution >= 4 is 39.7 Å². The van der Waals surface area contributed by atoms with Gasteiger partial charge in [0.25, 0.3) is 0 Å². The molecule has 3 N–H and O–H groups in total. The van der Waals surface area contributed by atoms with Crippen LogP contribution in [0.5, 0.6) is 0 Å². The first-order valence-corrected chi connectivity index (χ1v) is 9.08. The first-order chi connectivity index (χ1) is 11.7. The van der Waals surface area contributed by atoms with E-state index in [4.69, 9.17) is 5.73 Å². The molecule has 0 fully saturated rings. The molecule has 2 aromatic carbocycles. The Hall–Kier alpha value is -1.88. The van der Waals surface area contributed by atoms with Crippen LogP contribution in [0, 0.1) is 5.92 Å². The van der Waals surface area contributed by atoms with Crippen molar-refractivity contribution in [3.63, 3.8) is 0 Å². The lowest BCUT2D eigenvalue weighted by atomic mass is 9.94. The molecule has 3 rings (SSSR count). The molecular weight excluding hydrogens is 352 g/mol. The van der Waals surface area contributed by atoms with E-state index in [1.807, 2.05) is 37.3 Å². The van der Waals surface area contributed by atoms with Crippen LogP contribution in [-0.2, 0) is 11.2 Å². The fourth-order valence-corrected chi connectivity index (χ4v) is 3.83. The summed E-state index contributed by atoms with van der Waals surface area (Å²) < 4.78 is 1.29. The van der Waals surface area contributed by atoms with Gasteiger partial charge >= 0.3 is 0 Å². The number of hydrogen-bond acceptors (Lipinski definition) is 3. The SMILES string of the molecule is CC(C(=O)NCCc1csc2ccccc12)C(N)c1ccccc1.Cl. The van der Waals surface area contributed by atoms with Gasteiger partial charge in [0.1, 0.15) is 0 Å². The molecule has 0 saturated carbocycles. The summed E-state index contributed by atoms with van der Waals surface area (Å²) in [6, 6.07) is 17.9. The average molecular weight is 375 g/mol. The zero-order valence-corrected chi connectivity index (χ0v) is 15.8. The van der Waals surface area contributed by atoms with E-state index in [9.17, 15) is 4.79 Å². The Morgan fingerprint density at radius 2 is 1.80 bits per heavy atom. The second-order valence-corrected chi connectivity index (χ2v) is 6.93. The van der Waals surface area contributed by atoms with Crippen LogP contribution in [0.4, 0.5) is 0 Å². The number of hydrogen-bond donors (Lipinski definition) is 2. The molecule has 132 valence electrons. The van der Waals surface area contributed by atoms with E-state index in [1.165, 1.54) is 15.6 Å². The minimum Gasteiger partial charge on any atom is -0.355 e. The predicted molar refractivity (Wildman–Crippen MR) is 108 cm³/mol.